The van der Waals surface area contributed by atoms with E-state index in [0.29, 0.717) is 22.2 Å². The van der Waals surface area contributed by atoms with Crippen molar-refractivity contribution < 1.29 is 4.74 Å². The van der Waals surface area contributed by atoms with Gasteiger partial charge in [-0.05, 0) is 38.1 Å². The highest BCUT2D eigenvalue weighted by molar-refractivity contribution is 5.83. The highest BCUT2D eigenvalue weighted by atomic mass is 16.5. The highest BCUT2D eigenvalue weighted by Gasteiger charge is 2.07. The standard InChI is InChI=1S/C18H17N3O3/c1-12(2)24-16-10-6-3-7-13(16)11-19-21-17(22)14-8-4-5-9-15(14)20-18(21)23/h3-12H,1-2H3,(H,20,23). The van der Waals surface area contributed by atoms with Gasteiger partial charge in [-0.3, -0.25) is 4.79 Å². The van der Waals surface area contributed by atoms with Crippen LogP contribution in [-0.2, 0) is 0 Å². The first-order valence-corrected chi connectivity index (χ1v) is 7.60. The van der Waals surface area contributed by atoms with E-state index < -0.39 is 11.2 Å². The molecule has 0 saturated carbocycles. The maximum absolute atomic E-state index is 12.4. The molecule has 6 nitrogen and oxygen atoms in total. The summed E-state index contributed by atoms with van der Waals surface area (Å²) in [5.74, 6) is 0.640. The Labute approximate surface area is 138 Å². The largest absolute Gasteiger partial charge is 0.490 e. The molecule has 0 saturated heterocycles. The predicted molar refractivity (Wildman–Crippen MR) is 94.0 cm³/mol. The normalized spacial score (nSPS) is 11.5. The molecule has 0 aliphatic carbocycles. The van der Waals surface area contributed by atoms with Crippen LogP contribution in [0.25, 0.3) is 10.9 Å². The van der Waals surface area contributed by atoms with Gasteiger partial charge >= 0.3 is 5.69 Å². The van der Waals surface area contributed by atoms with Gasteiger partial charge in [-0.15, -0.1) is 4.68 Å². The Morgan fingerprint density at radius 3 is 2.58 bits per heavy atom. The number of para-hydroxylation sites is 2. The summed E-state index contributed by atoms with van der Waals surface area (Å²) in [4.78, 5) is 27.2. The summed E-state index contributed by atoms with van der Waals surface area (Å²) in [6, 6.07) is 14.1. The van der Waals surface area contributed by atoms with Crippen LogP contribution in [0.1, 0.15) is 19.4 Å². The quantitative estimate of drug-likeness (QED) is 0.749. The van der Waals surface area contributed by atoms with Gasteiger partial charge in [0.2, 0.25) is 0 Å². The molecule has 0 spiro atoms. The first-order chi connectivity index (χ1) is 11.6. The summed E-state index contributed by atoms with van der Waals surface area (Å²) >= 11 is 0. The molecule has 2 aromatic carbocycles. The number of hydrogen-bond donors (Lipinski definition) is 1. The van der Waals surface area contributed by atoms with Crippen LogP contribution >= 0.6 is 0 Å². The van der Waals surface area contributed by atoms with E-state index in [1.807, 2.05) is 38.1 Å². The fraction of sp³-hybridized carbons (Fsp3) is 0.167. The van der Waals surface area contributed by atoms with Crippen LogP contribution in [0, 0.1) is 0 Å². The lowest BCUT2D eigenvalue weighted by Gasteiger charge is -2.11. The van der Waals surface area contributed by atoms with Crippen molar-refractivity contribution in [2.75, 3.05) is 0 Å². The monoisotopic (exact) mass is 323 g/mol. The predicted octanol–water partition coefficient (Wildman–Crippen LogP) is 2.36. The Balaban J connectivity index is 2.06. The Morgan fingerprint density at radius 2 is 1.79 bits per heavy atom. The van der Waals surface area contributed by atoms with Gasteiger partial charge in [-0.25, -0.2) is 4.79 Å². The van der Waals surface area contributed by atoms with Crippen molar-refractivity contribution in [3.8, 4) is 5.75 Å². The number of aromatic nitrogens is 2. The number of nitrogens with one attached hydrogen (secondary N) is 1. The van der Waals surface area contributed by atoms with E-state index in [0.717, 1.165) is 4.68 Å². The lowest BCUT2D eigenvalue weighted by atomic mass is 10.2. The minimum absolute atomic E-state index is 0.00587. The van der Waals surface area contributed by atoms with Gasteiger partial charge < -0.3 is 9.72 Å². The lowest BCUT2D eigenvalue weighted by molar-refractivity contribution is 0.242. The number of benzene rings is 2. The molecule has 0 aliphatic heterocycles. The fourth-order valence-corrected chi connectivity index (χ4v) is 2.33. The first kappa shape index (κ1) is 15.7. The van der Waals surface area contributed by atoms with Gasteiger partial charge in [-0.1, -0.05) is 24.3 Å². The van der Waals surface area contributed by atoms with Crippen LogP contribution < -0.4 is 16.0 Å². The Hall–Kier alpha value is -3.15. The molecule has 1 aromatic heterocycles. The maximum atomic E-state index is 12.4. The fourth-order valence-electron chi connectivity index (χ4n) is 2.33. The van der Waals surface area contributed by atoms with E-state index in [9.17, 15) is 9.59 Å². The molecule has 1 N–H and O–H groups in total. The summed E-state index contributed by atoms with van der Waals surface area (Å²) in [5.41, 5.74) is 0.123. The summed E-state index contributed by atoms with van der Waals surface area (Å²) in [6.45, 7) is 3.85. The van der Waals surface area contributed by atoms with Crippen molar-refractivity contribution in [1.29, 1.82) is 0 Å². The van der Waals surface area contributed by atoms with Gasteiger partial charge in [0.1, 0.15) is 5.75 Å². The Morgan fingerprint density at radius 1 is 1.08 bits per heavy atom. The van der Waals surface area contributed by atoms with E-state index in [4.69, 9.17) is 4.74 Å². The smallest absolute Gasteiger partial charge is 0.349 e. The second kappa shape index (κ2) is 6.54. The molecular formula is C18H17N3O3. The average molecular weight is 323 g/mol. The van der Waals surface area contributed by atoms with Gasteiger partial charge in [0, 0.05) is 5.56 Å². The van der Waals surface area contributed by atoms with E-state index in [-0.39, 0.29) is 6.10 Å². The van der Waals surface area contributed by atoms with Gasteiger partial charge in [0.25, 0.3) is 5.56 Å². The third-order valence-corrected chi connectivity index (χ3v) is 3.38. The molecule has 1 heterocycles. The zero-order chi connectivity index (χ0) is 17.1. The van der Waals surface area contributed by atoms with E-state index in [2.05, 4.69) is 10.1 Å². The minimum Gasteiger partial charge on any atom is -0.490 e. The topological polar surface area (TPSA) is 76.5 Å². The third-order valence-electron chi connectivity index (χ3n) is 3.38. The molecule has 0 unspecified atom stereocenters. The average Bonchev–Trinajstić information content (AvgIpc) is 2.55. The number of hydrogen-bond acceptors (Lipinski definition) is 4. The molecule has 0 fully saturated rings. The van der Waals surface area contributed by atoms with Crippen LogP contribution in [0.3, 0.4) is 0 Å². The molecule has 0 atom stereocenters. The van der Waals surface area contributed by atoms with Crippen LogP contribution in [0.2, 0.25) is 0 Å². The molecule has 122 valence electrons. The molecule has 0 amide bonds. The van der Waals surface area contributed by atoms with Crippen molar-refractivity contribution in [3.05, 3.63) is 74.9 Å². The van der Waals surface area contributed by atoms with Crippen molar-refractivity contribution in [1.82, 2.24) is 9.66 Å². The minimum atomic E-state index is -0.586. The van der Waals surface area contributed by atoms with Crippen LogP contribution in [-0.4, -0.2) is 22.0 Å². The lowest BCUT2D eigenvalue weighted by Crippen LogP contribution is -2.32. The summed E-state index contributed by atoms with van der Waals surface area (Å²) in [6.07, 6.45) is 1.45. The zero-order valence-corrected chi connectivity index (χ0v) is 13.4. The molecule has 6 heteroatoms. The molecule has 24 heavy (non-hydrogen) atoms. The van der Waals surface area contributed by atoms with Crippen molar-refractivity contribution in [2.24, 2.45) is 5.10 Å². The number of H-pyrrole nitrogens is 1. The van der Waals surface area contributed by atoms with Crippen LogP contribution in [0.5, 0.6) is 5.75 Å². The number of rotatable bonds is 4. The molecular weight excluding hydrogens is 306 g/mol. The van der Waals surface area contributed by atoms with Crippen LogP contribution in [0.15, 0.2) is 63.2 Å². The third kappa shape index (κ3) is 3.12. The second-order valence-electron chi connectivity index (χ2n) is 5.54. The number of aromatic amines is 1. The summed E-state index contributed by atoms with van der Waals surface area (Å²) in [7, 11) is 0. The zero-order valence-electron chi connectivity index (χ0n) is 13.4. The number of ether oxygens (including phenoxy) is 1. The molecule has 3 rings (SSSR count). The van der Waals surface area contributed by atoms with Gasteiger partial charge in [-0.2, -0.15) is 5.10 Å². The molecule has 0 radical (unpaired) electrons. The maximum Gasteiger partial charge on any atom is 0.349 e. The SMILES string of the molecule is CC(C)Oc1ccccc1C=Nn1c(=O)[nH]c2ccccc2c1=O. The van der Waals surface area contributed by atoms with Crippen molar-refractivity contribution in [3.63, 3.8) is 0 Å². The highest BCUT2D eigenvalue weighted by Crippen LogP contribution is 2.17. The Kier molecular flexibility index (Phi) is 4.29. The molecule has 0 aliphatic rings. The van der Waals surface area contributed by atoms with Crippen LogP contribution in [0.4, 0.5) is 0 Å². The van der Waals surface area contributed by atoms with Crippen molar-refractivity contribution in [2.45, 2.75) is 20.0 Å². The van der Waals surface area contributed by atoms with E-state index in [1.54, 1.807) is 24.3 Å². The van der Waals surface area contributed by atoms with E-state index >= 15 is 0 Å². The van der Waals surface area contributed by atoms with Gasteiger partial charge in [0.15, 0.2) is 0 Å². The summed E-state index contributed by atoms with van der Waals surface area (Å²) < 4.78 is 6.51. The second-order valence-corrected chi connectivity index (χ2v) is 5.54. The molecule has 0 bridgehead atoms. The Bertz CT molecular complexity index is 1020. The number of nitrogens with zero attached hydrogens (tertiary/aromatic N) is 2. The first-order valence-electron chi connectivity index (χ1n) is 7.60. The molecule has 3 aromatic rings. The van der Waals surface area contributed by atoms with Gasteiger partial charge in [0.05, 0.1) is 23.2 Å². The summed E-state index contributed by atoms with van der Waals surface area (Å²) in [5, 5.41) is 4.45. The number of fused-ring (bicyclic) bond motifs is 1. The van der Waals surface area contributed by atoms with E-state index in [1.165, 1.54) is 6.21 Å². The van der Waals surface area contributed by atoms with Crippen molar-refractivity contribution >= 4 is 17.1 Å².